The third kappa shape index (κ3) is 1.71. The predicted octanol–water partition coefficient (Wildman–Crippen LogP) is 2.34. The molecule has 0 saturated heterocycles. The Morgan fingerprint density at radius 3 is 2.56 bits per heavy atom. The first-order valence-corrected chi connectivity index (χ1v) is 4.24. The molecule has 2 rings (SSSR count). The third-order valence-corrected chi connectivity index (χ3v) is 1.90. The summed E-state index contributed by atoms with van der Waals surface area (Å²) in [4.78, 5) is 3.78. The van der Waals surface area contributed by atoms with Crippen molar-refractivity contribution in [1.29, 1.82) is 0 Å². The fourth-order valence-corrected chi connectivity index (χ4v) is 1.25. The number of aromatic nitrogens is 2. The van der Waals surface area contributed by atoms with E-state index in [2.05, 4.69) is 14.7 Å². The molecule has 0 aromatic carbocycles. The van der Waals surface area contributed by atoms with Gasteiger partial charge in [0.2, 0.25) is 0 Å². The summed E-state index contributed by atoms with van der Waals surface area (Å²) in [7, 11) is 0. The van der Waals surface area contributed by atoms with Crippen molar-refractivity contribution in [2.24, 2.45) is 0 Å². The van der Waals surface area contributed by atoms with Crippen molar-refractivity contribution < 1.29 is 17.7 Å². The lowest BCUT2D eigenvalue weighted by Crippen LogP contribution is -2.05. The molecule has 2 aromatic heterocycles. The molecule has 2 heterocycles. The molecule has 0 saturated carbocycles. The molecule has 0 aliphatic carbocycles. The molecule has 4 nitrogen and oxygen atoms in total. The number of alkyl halides is 3. The Bertz CT molecular complexity index is 492. The quantitative estimate of drug-likeness (QED) is 0.815. The lowest BCUT2D eigenvalue weighted by Gasteiger charge is -2.04. The van der Waals surface area contributed by atoms with Crippen molar-refractivity contribution >= 4 is 5.82 Å². The Labute approximate surface area is 87.9 Å². The fraction of sp³-hybridized carbons (Fsp3) is 0.111. The standard InChI is InChI=1S/C9H6F3N3O/c10-9(11,12)7-6(8(13)15-16-7)5-3-1-2-4-14-5/h1-4H,(H2,13,15). The number of nitrogen functional groups attached to an aromatic ring is 1. The molecule has 0 fully saturated rings. The van der Waals surface area contributed by atoms with Crippen LogP contribution in [-0.2, 0) is 6.18 Å². The van der Waals surface area contributed by atoms with Gasteiger partial charge in [0.15, 0.2) is 5.82 Å². The summed E-state index contributed by atoms with van der Waals surface area (Å²) in [5, 5.41) is 3.10. The van der Waals surface area contributed by atoms with Crippen molar-refractivity contribution in [1.82, 2.24) is 10.1 Å². The normalized spacial score (nSPS) is 11.7. The molecule has 0 radical (unpaired) electrons. The second-order valence-electron chi connectivity index (χ2n) is 2.98. The maximum absolute atomic E-state index is 12.5. The largest absolute Gasteiger partial charge is 0.453 e. The van der Waals surface area contributed by atoms with Gasteiger partial charge in [-0.15, -0.1) is 0 Å². The summed E-state index contributed by atoms with van der Waals surface area (Å²) in [5.41, 5.74) is 5.08. The smallest absolute Gasteiger partial charge is 0.380 e. The van der Waals surface area contributed by atoms with Gasteiger partial charge in [0.05, 0.1) is 11.3 Å². The number of anilines is 1. The summed E-state index contributed by atoms with van der Waals surface area (Å²) >= 11 is 0. The van der Waals surface area contributed by atoms with Gasteiger partial charge in [0.25, 0.3) is 5.76 Å². The van der Waals surface area contributed by atoms with Crippen LogP contribution in [0.25, 0.3) is 11.3 Å². The first-order valence-electron chi connectivity index (χ1n) is 4.24. The molecule has 0 amide bonds. The molecule has 2 N–H and O–H groups in total. The van der Waals surface area contributed by atoms with E-state index in [-0.39, 0.29) is 17.1 Å². The lowest BCUT2D eigenvalue weighted by atomic mass is 10.1. The van der Waals surface area contributed by atoms with E-state index in [1.54, 1.807) is 12.1 Å². The van der Waals surface area contributed by atoms with E-state index < -0.39 is 11.9 Å². The van der Waals surface area contributed by atoms with Crippen LogP contribution in [0.2, 0.25) is 0 Å². The second kappa shape index (κ2) is 3.51. The van der Waals surface area contributed by atoms with Gasteiger partial charge in [-0.05, 0) is 12.1 Å². The molecule has 0 aliphatic heterocycles. The van der Waals surface area contributed by atoms with Crippen molar-refractivity contribution in [3.63, 3.8) is 0 Å². The minimum atomic E-state index is -4.64. The van der Waals surface area contributed by atoms with Crippen LogP contribution in [0, 0.1) is 0 Å². The van der Waals surface area contributed by atoms with Gasteiger partial charge in [-0.3, -0.25) is 4.98 Å². The molecule has 16 heavy (non-hydrogen) atoms. The Kier molecular flexibility index (Phi) is 2.30. The van der Waals surface area contributed by atoms with Crippen LogP contribution in [-0.4, -0.2) is 10.1 Å². The first-order chi connectivity index (χ1) is 7.50. The van der Waals surface area contributed by atoms with E-state index in [0.29, 0.717) is 0 Å². The van der Waals surface area contributed by atoms with Crippen molar-refractivity contribution in [3.05, 3.63) is 30.2 Å². The maximum atomic E-state index is 12.5. The second-order valence-corrected chi connectivity index (χ2v) is 2.98. The maximum Gasteiger partial charge on any atom is 0.453 e. The molecule has 2 aromatic rings. The third-order valence-electron chi connectivity index (χ3n) is 1.90. The fourth-order valence-electron chi connectivity index (χ4n) is 1.25. The summed E-state index contributed by atoms with van der Waals surface area (Å²) in [6.07, 6.45) is -3.28. The van der Waals surface area contributed by atoms with E-state index in [1.807, 2.05) is 0 Å². The molecular formula is C9H6F3N3O. The molecule has 0 spiro atoms. The zero-order valence-electron chi connectivity index (χ0n) is 7.82. The number of nitrogens with two attached hydrogens (primary N) is 1. The highest BCUT2D eigenvalue weighted by atomic mass is 19.4. The Balaban J connectivity index is 2.61. The highest BCUT2D eigenvalue weighted by Gasteiger charge is 2.40. The Morgan fingerprint density at radius 1 is 1.25 bits per heavy atom. The molecule has 0 bridgehead atoms. The molecule has 0 unspecified atom stereocenters. The highest BCUT2D eigenvalue weighted by molar-refractivity contribution is 5.72. The topological polar surface area (TPSA) is 64.9 Å². The molecule has 0 atom stereocenters. The minimum absolute atomic E-state index is 0.0774. The SMILES string of the molecule is Nc1noc(C(F)(F)F)c1-c1ccccn1. The van der Waals surface area contributed by atoms with Gasteiger partial charge >= 0.3 is 6.18 Å². The highest BCUT2D eigenvalue weighted by Crippen LogP contribution is 2.39. The zero-order valence-corrected chi connectivity index (χ0v) is 7.82. The van der Waals surface area contributed by atoms with Gasteiger partial charge in [0, 0.05) is 6.20 Å². The van der Waals surface area contributed by atoms with Gasteiger partial charge < -0.3 is 10.3 Å². The Hall–Kier alpha value is -2.05. The van der Waals surface area contributed by atoms with Crippen LogP contribution in [0.4, 0.5) is 19.0 Å². The minimum Gasteiger partial charge on any atom is -0.380 e. The Morgan fingerprint density at radius 2 is 2.00 bits per heavy atom. The number of hydrogen-bond acceptors (Lipinski definition) is 4. The monoisotopic (exact) mass is 229 g/mol. The van der Waals surface area contributed by atoms with Crippen LogP contribution in [0.15, 0.2) is 28.9 Å². The molecular weight excluding hydrogens is 223 g/mol. The molecule has 0 aliphatic rings. The van der Waals surface area contributed by atoms with Gasteiger partial charge in [-0.2, -0.15) is 13.2 Å². The van der Waals surface area contributed by atoms with Crippen LogP contribution < -0.4 is 5.73 Å². The molecule has 7 heteroatoms. The summed E-state index contributed by atoms with van der Waals surface area (Å²) < 4.78 is 41.8. The van der Waals surface area contributed by atoms with Crippen LogP contribution >= 0.6 is 0 Å². The van der Waals surface area contributed by atoms with Gasteiger partial charge in [-0.1, -0.05) is 11.2 Å². The van der Waals surface area contributed by atoms with E-state index in [1.165, 1.54) is 12.3 Å². The average Bonchev–Trinajstić information content (AvgIpc) is 2.61. The first kappa shape index (κ1) is 10.5. The van der Waals surface area contributed by atoms with E-state index in [0.717, 1.165) is 0 Å². The summed E-state index contributed by atoms with van der Waals surface area (Å²) in [6.45, 7) is 0. The summed E-state index contributed by atoms with van der Waals surface area (Å²) in [5.74, 6) is -1.56. The van der Waals surface area contributed by atoms with E-state index in [9.17, 15) is 13.2 Å². The number of rotatable bonds is 1. The van der Waals surface area contributed by atoms with E-state index >= 15 is 0 Å². The van der Waals surface area contributed by atoms with Crippen molar-refractivity contribution in [2.75, 3.05) is 5.73 Å². The summed E-state index contributed by atoms with van der Waals surface area (Å²) in [6, 6.07) is 4.54. The van der Waals surface area contributed by atoms with Gasteiger partial charge in [-0.25, -0.2) is 0 Å². The zero-order chi connectivity index (χ0) is 11.8. The van der Waals surface area contributed by atoms with Crippen molar-refractivity contribution in [3.8, 4) is 11.3 Å². The van der Waals surface area contributed by atoms with Crippen molar-refractivity contribution in [2.45, 2.75) is 6.18 Å². The van der Waals surface area contributed by atoms with Gasteiger partial charge in [0.1, 0.15) is 0 Å². The number of hydrogen-bond donors (Lipinski definition) is 1. The number of nitrogens with zero attached hydrogens (tertiary/aromatic N) is 2. The number of pyridine rings is 1. The van der Waals surface area contributed by atoms with Crippen LogP contribution in [0.5, 0.6) is 0 Å². The van der Waals surface area contributed by atoms with Crippen LogP contribution in [0.1, 0.15) is 5.76 Å². The van der Waals surface area contributed by atoms with Crippen LogP contribution in [0.3, 0.4) is 0 Å². The number of halogens is 3. The predicted molar refractivity (Wildman–Crippen MR) is 49.1 cm³/mol. The molecule has 84 valence electrons. The average molecular weight is 229 g/mol. The lowest BCUT2D eigenvalue weighted by molar-refractivity contribution is -0.154. The van der Waals surface area contributed by atoms with E-state index in [4.69, 9.17) is 5.73 Å².